The normalized spacial score (nSPS) is 24.1. The van der Waals surface area contributed by atoms with Crippen molar-refractivity contribution >= 4 is 108 Å². The van der Waals surface area contributed by atoms with Crippen LogP contribution in [0.4, 0.5) is 0 Å². The SMILES string of the molecule is O=C(OC1CCC(OC(=O)C(Br)(Br)Br)CC1)C(Br)(Br)Br. The molecule has 10 heteroatoms. The molecule has 0 unspecified atom stereocenters. The van der Waals surface area contributed by atoms with Crippen molar-refractivity contribution < 1.29 is 19.1 Å². The summed E-state index contributed by atoms with van der Waals surface area (Å²) in [5.74, 6) is -0.864. The molecule has 0 saturated heterocycles. The standard InChI is InChI=1S/C10H10Br6O4/c11-9(12,13)7(17)19-5-1-2-6(4-3-5)20-8(18)10(14,15)16/h5-6H,1-4H2. The molecule has 1 rings (SSSR count). The lowest BCUT2D eigenvalue weighted by molar-refractivity contribution is -0.156. The summed E-state index contributed by atoms with van der Waals surface area (Å²) in [7, 11) is 0. The Morgan fingerprint density at radius 3 is 1.15 bits per heavy atom. The Morgan fingerprint density at radius 1 is 0.700 bits per heavy atom. The minimum Gasteiger partial charge on any atom is -0.460 e. The summed E-state index contributed by atoms with van der Waals surface area (Å²) < 4.78 is 8.57. The molecule has 0 aromatic rings. The molecule has 0 spiro atoms. The minimum absolute atomic E-state index is 0.161. The Hall–Kier alpha value is 1.82. The topological polar surface area (TPSA) is 52.6 Å². The smallest absolute Gasteiger partial charge is 0.345 e. The van der Waals surface area contributed by atoms with E-state index in [1.165, 1.54) is 0 Å². The summed E-state index contributed by atoms with van der Waals surface area (Å²) in [5.41, 5.74) is 0. The average molecular weight is 674 g/mol. The van der Waals surface area contributed by atoms with Crippen molar-refractivity contribution in [1.29, 1.82) is 0 Å². The van der Waals surface area contributed by atoms with Crippen LogP contribution in [0.5, 0.6) is 0 Å². The fourth-order valence-electron chi connectivity index (χ4n) is 1.70. The molecule has 0 N–H and O–H groups in total. The van der Waals surface area contributed by atoms with Gasteiger partial charge in [-0.1, -0.05) is 0 Å². The van der Waals surface area contributed by atoms with Crippen molar-refractivity contribution in [3.63, 3.8) is 0 Å². The summed E-state index contributed by atoms with van der Waals surface area (Å²) in [6.45, 7) is 0. The summed E-state index contributed by atoms with van der Waals surface area (Å²) in [5, 5.41) is 0. The Bertz CT molecular complexity index is 331. The van der Waals surface area contributed by atoms with Crippen LogP contribution in [-0.4, -0.2) is 28.4 Å². The van der Waals surface area contributed by atoms with E-state index in [2.05, 4.69) is 95.6 Å². The first-order valence-electron chi connectivity index (χ1n) is 5.55. The van der Waals surface area contributed by atoms with Gasteiger partial charge in [-0.25, -0.2) is 9.59 Å². The Labute approximate surface area is 167 Å². The van der Waals surface area contributed by atoms with Gasteiger partial charge in [0.05, 0.1) is 0 Å². The molecule has 0 aromatic carbocycles. The van der Waals surface area contributed by atoms with Crippen LogP contribution < -0.4 is 0 Å². The van der Waals surface area contributed by atoms with Gasteiger partial charge in [-0.3, -0.25) is 0 Å². The van der Waals surface area contributed by atoms with Crippen LogP contribution in [0, 0.1) is 0 Å². The molecular formula is C10H10Br6O4. The molecule has 20 heavy (non-hydrogen) atoms. The molecular weight excluding hydrogens is 664 g/mol. The van der Waals surface area contributed by atoms with Gasteiger partial charge >= 0.3 is 11.9 Å². The summed E-state index contributed by atoms with van der Waals surface area (Å²) in [6, 6.07) is 0. The Balaban J connectivity index is 2.37. The van der Waals surface area contributed by atoms with Gasteiger partial charge in [0, 0.05) is 0 Å². The van der Waals surface area contributed by atoms with Crippen LogP contribution in [0.1, 0.15) is 25.7 Å². The molecule has 0 heterocycles. The van der Waals surface area contributed by atoms with E-state index in [0.717, 1.165) is 0 Å². The third-order valence-electron chi connectivity index (χ3n) is 2.63. The maximum absolute atomic E-state index is 11.7. The van der Waals surface area contributed by atoms with Crippen molar-refractivity contribution in [2.45, 2.75) is 42.2 Å². The molecule has 4 nitrogen and oxygen atoms in total. The lowest BCUT2D eigenvalue weighted by atomic mass is 9.95. The number of alkyl halides is 6. The second kappa shape index (κ2) is 8.08. The van der Waals surface area contributed by atoms with Gasteiger partial charge in [-0.2, -0.15) is 0 Å². The maximum atomic E-state index is 11.7. The fraction of sp³-hybridized carbons (Fsp3) is 0.800. The zero-order valence-corrected chi connectivity index (χ0v) is 19.4. The molecule has 0 aliphatic heterocycles. The highest BCUT2D eigenvalue weighted by atomic mass is 80.0. The molecule has 116 valence electrons. The number of ether oxygens (including phenoxy) is 2. The zero-order valence-electron chi connectivity index (χ0n) is 9.88. The largest absolute Gasteiger partial charge is 0.460 e. The number of esters is 2. The van der Waals surface area contributed by atoms with E-state index in [0.29, 0.717) is 25.7 Å². The first-order chi connectivity index (χ1) is 9.00. The fourth-order valence-corrected chi connectivity index (χ4v) is 2.27. The monoisotopic (exact) mass is 668 g/mol. The van der Waals surface area contributed by atoms with Gasteiger partial charge < -0.3 is 9.47 Å². The first-order valence-corrected chi connectivity index (χ1v) is 10.3. The second-order valence-electron chi connectivity index (χ2n) is 4.20. The van der Waals surface area contributed by atoms with Crippen LogP contribution in [0.15, 0.2) is 0 Å². The molecule has 0 amide bonds. The molecule has 1 fully saturated rings. The molecule has 0 bridgehead atoms. The number of hydrogen-bond acceptors (Lipinski definition) is 4. The second-order valence-corrected chi connectivity index (χ2v) is 17.7. The van der Waals surface area contributed by atoms with E-state index >= 15 is 0 Å². The first kappa shape index (κ1) is 19.9. The van der Waals surface area contributed by atoms with Crippen molar-refractivity contribution in [3.05, 3.63) is 0 Å². The maximum Gasteiger partial charge on any atom is 0.345 e. The van der Waals surface area contributed by atoms with E-state index in [4.69, 9.17) is 9.47 Å². The Morgan fingerprint density at radius 2 is 0.950 bits per heavy atom. The highest BCUT2D eigenvalue weighted by Crippen LogP contribution is 2.38. The number of halogens is 6. The van der Waals surface area contributed by atoms with Crippen LogP contribution in [0.25, 0.3) is 0 Å². The van der Waals surface area contributed by atoms with Crippen molar-refractivity contribution in [2.24, 2.45) is 0 Å². The molecule has 1 aliphatic rings. The van der Waals surface area contributed by atoms with Crippen molar-refractivity contribution in [1.82, 2.24) is 0 Å². The van der Waals surface area contributed by atoms with Gasteiger partial charge in [-0.05, 0) is 121 Å². The molecule has 0 radical (unpaired) electrons. The van der Waals surface area contributed by atoms with Crippen LogP contribution in [-0.2, 0) is 19.1 Å². The third-order valence-corrected chi connectivity index (χ3v) is 4.57. The summed E-state index contributed by atoms with van der Waals surface area (Å²) in [6.07, 6.45) is 2.32. The zero-order chi connectivity index (χ0) is 15.6. The van der Waals surface area contributed by atoms with E-state index in [-0.39, 0.29) is 12.2 Å². The predicted molar refractivity (Wildman–Crippen MR) is 97.3 cm³/mol. The number of rotatable bonds is 2. The van der Waals surface area contributed by atoms with Crippen molar-refractivity contribution in [2.75, 3.05) is 0 Å². The lowest BCUT2D eigenvalue weighted by Crippen LogP contribution is -2.34. The highest BCUT2D eigenvalue weighted by molar-refractivity contribution is 9.40. The van der Waals surface area contributed by atoms with Gasteiger partial charge in [0.25, 0.3) is 0 Å². The third kappa shape index (κ3) is 6.93. The molecule has 1 aliphatic carbocycles. The van der Waals surface area contributed by atoms with Crippen molar-refractivity contribution in [3.8, 4) is 0 Å². The van der Waals surface area contributed by atoms with Gasteiger partial charge in [0.2, 0.25) is 4.29 Å². The summed E-state index contributed by atoms with van der Waals surface area (Å²) >= 11 is 18.7. The number of hydrogen-bond donors (Lipinski definition) is 0. The van der Waals surface area contributed by atoms with Crippen LogP contribution in [0.3, 0.4) is 0 Å². The van der Waals surface area contributed by atoms with E-state index in [9.17, 15) is 9.59 Å². The average Bonchev–Trinajstić information content (AvgIpc) is 2.29. The molecule has 0 aromatic heterocycles. The van der Waals surface area contributed by atoms with E-state index in [1.807, 2.05) is 0 Å². The van der Waals surface area contributed by atoms with Crippen LogP contribution in [0.2, 0.25) is 0 Å². The number of carbonyl (C=O) groups is 2. The minimum atomic E-state index is -1.04. The quantitative estimate of drug-likeness (QED) is 0.304. The highest BCUT2D eigenvalue weighted by Gasteiger charge is 2.36. The molecule has 1 saturated carbocycles. The molecule has 0 atom stereocenters. The predicted octanol–water partition coefficient (Wildman–Crippen LogP) is 5.06. The lowest BCUT2D eigenvalue weighted by Gasteiger charge is -2.29. The van der Waals surface area contributed by atoms with Gasteiger partial charge in [0.1, 0.15) is 12.2 Å². The number of carbonyl (C=O) groups excluding carboxylic acids is 2. The van der Waals surface area contributed by atoms with Crippen LogP contribution >= 0.6 is 95.6 Å². The van der Waals surface area contributed by atoms with E-state index < -0.39 is 16.2 Å². The van der Waals surface area contributed by atoms with E-state index in [1.54, 1.807) is 0 Å². The van der Waals surface area contributed by atoms with Gasteiger partial charge in [0.15, 0.2) is 0 Å². The van der Waals surface area contributed by atoms with Gasteiger partial charge in [-0.15, -0.1) is 0 Å². The Kier molecular flexibility index (Phi) is 8.02. The summed E-state index contributed by atoms with van der Waals surface area (Å²) in [4.78, 5) is 23.3.